The summed E-state index contributed by atoms with van der Waals surface area (Å²) < 4.78 is 4.70. The molecule has 0 aliphatic carbocycles. The summed E-state index contributed by atoms with van der Waals surface area (Å²) in [7, 11) is 1.32. The summed E-state index contributed by atoms with van der Waals surface area (Å²) >= 11 is 1.36. The SMILES string of the molecule is CCc1ccc(-c2nc(C)c(C(=O)N(CC(=O)OC)C(C)C)s2)cc1. The number of aromatic nitrogens is 1. The number of carbonyl (C=O) groups excluding carboxylic acids is 2. The van der Waals surface area contributed by atoms with Crippen LogP contribution < -0.4 is 0 Å². The van der Waals surface area contributed by atoms with Crippen LogP contribution in [0.15, 0.2) is 24.3 Å². The van der Waals surface area contributed by atoms with Gasteiger partial charge in [0.15, 0.2) is 0 Å². The quantitative estimate of drug-likeness (QED) is 0.737. The second kappa shape index (κ2) is 8.25. The number of rotatable bonds is 6. The molecule has 25 heavy (non-hydrogen) atoms. The number of nitrogens with zero attached hydrogens (tertiary/aromatic N) is 2. The highest BCUT2D eigenvalue weighted by atomic mass is 32.1. The third kappa shape index (κ3) is 4.45. The van der Waals surface area contributed by atoms with E-state index < -0.39 is 5.97 Å². The number of hydrogen-bond acceptors (Lipinski definition) is 5. The van der Waals surface area contributed by atoms with Crippen molar-refractivity contribution in [1.29, 1.82) is 0 Å². The van der Waals surface area contributed by atoms with Crippen LogP contribution in [-0.4, -0.2) is 41.5 Å². The highest BCUT2D eigenvalue weighted by molar-refractivity contribution is 7.17. The van der Waals surface area contributed by atoms with Gasteiger partial charge >= 0.3 is 5.97 Å². The number of carbonyl (C=O) groups is 2. The van der Waals surface area contributed by atoms with Crippen molar-refractivity contribution in [3.63, 3.8) is 0 Å². The van der Waals surface area contributed by atoms with Crippen LogP contribution in [0.4, 0.5) is 0 Å². The van der Waals surface area contributed by atoms with Gasteiger partial charge in [0.05, 0.1) is 12.8 Å². The van der Waals surface area contributed by atoms with Crippen LogP contribution in [0, 0.1) is 6.92 Å². The molecule has 134 valence electrons. The molecule has 0 radical (unpaired) electrons. The van der Waals surface area contributed by atoms with Gasteiger partial charge < -0.3 is 9.64 Å². The Balaban J connectivity index is 2.30. The summed E-state index contributed by atoms with van der Waals surface area (Å²) in [6.45, 7) is 7.62. The molecular formula is C19H24N2O3S. The molecule has 1 heterocycles. The van der Waals surface area contributed by atoms with E-state index in [0.29, 0.717) is 10.6 Å². The average Bonchev–Trinajstić information content (AvgIpc) is 3.00. The number of benzene rings is 1. The lowest BCUT2D eigenvalue weighted by molar-refractivity contribution is -0.141. The number of ether oxygens (including phenoxy) is 1. The normalized spacial score (nSPS) is 10.8. The molecule has 0 N–H and O–H groups in total. The van der Waals surface area contributed by atoms with Gasteiger partial charge in [0.1, 0.15) is 16.4 Å². The molecular weight excluding hydrogens is 336 g/mol. The topological polar surface area (TPSA) is 59.5 Å². The zero-order valence-corrected chi connectivity index (χ0v) is 16.1. The van der Waals surface area contributed by atoms with Crippen LogP contribution in [0.5, 0.6) is 0 Å². The molecule has 2 aromatic rings. The lowest BCUT2D eigenvalue weighted by Crippen LogP contribution is -2.41. The van der Waals surface area contributed by atoms with E-state index in [1.807, 2.05) is 32.9 Å². The van der Waals surface area contributed by atoms with Crippen LogP contribution in [0.25, 0.3) is 10.6 Å². The van der Waals surface area contributed by atoms with Gasteiger partial charge in [-0.05, 0) is 32.8 Å². The van der Waals surface area contributed by atoms with Crippen molar-refractivity contribution < 1.29 is 14.3 Å². The molecule has 0 fully saturated rings. The van der Waals surface area contributed by atoms with Crippen LogP contribution in [0.2, 0.25) is 0 Å². The minimum absolute atomic E-state index is 0.0646. The number of aryl methyl sites for hydroxylation is 2. The Kier molecular flexibility index (Phi) is 6.31. The average molecular weight is 360 g/mol. The summed E-state index contributed by atoms with van der Waals surface area (Å²) in [6.07, 6.45) is 0.984. The Bertz CT molecular complexity index is 751. The Morgan fingerprint density at radius 3 is 2.40 bits per heavy atom. The Morgan fingerprint density at radius 1 is 1.24 bits per heavy atom. The van der Waals surface area contributed by atoms with Crippen molar-refractivity contribution in [2.75, 3.05) is 13.7 Å². The fraction of sp³-hybridized carbons (Fsp3) is 0.421. The monoisotopic (exact) mass is 360 g/mol. The van der Waals surface area contributed by atoms with Crippen molar-refractivity contribution in [3.05, 3.63) is 40.4 Å². The van der Waals surface area contributed by atoms with Gasteiger partial charge in [0, 0.05) is 11.6 Å². The Hall–Kier alpha value is -2.21. The molecule has 0 saturated carbocycles. The second-order valence-corrected chi connectivity index (χ2v) is 7.09. The van der Waals surface area contributed by atoms with Crippen molar-refractivity contribution in [1.82, 2.24) is 9.88 Å². The predicted octanol–water partition coefficient (Wildman–Crippen LogP) is 3.70. The summed E-state index contributed by atoms with van der Waals surface area (Å²) in [5.74, 6) is -0.619. The first-order valence-electron chi connectivity index (χ1n) is 8.31. The number of thiazole rings is 1. The van der Waals surface area contributed by atoms with Crippen molar-refractivity contribution in [3.8, 4) is 10.6 Å². The van der Waals surface area contributed by atoms with Gasteiger partial charge in [0.2, 0.25) is 0 Å². The second-order valence-electron chi connectivity index (χ2n) is 6.09. The number of hydrogen-bond donors (Lipinski definition) is 0. The molecule has 6 heteroatoms. The third-order valence-corrected chi connectivity index (χ3v) is 5.21. The molecule has 1 amide bonds. The molecule has 0 saturated heterocycles. The first-order valence-corrected chi connectivity index (χ1v) is 9.13. The van der Waals surface area contributed by atoms with E-state index in [4.69, 9.17) is 4.74 Å². The number of esters is 1. The fourth-order valence-corrected chi connectivity index (χ4v) is 3.45. The summed E-state index contributed by atoms with van der Waals surface area (Å²) in [5.41, 5.74) is 2.94. The van der Waals surface area contributed by atoms with E-state index >= 15 is 0 Å². The van der Waals surface area contributed by atoms with E-state index in [9.17, 15) is 9.59 Å². The molecule has 0 spiro atoms. The predicted molar refractivity (Wildman–Crippen MR) is 99.9 cm³/mol. The van der Waals surface area contributed by atoms with Crippen molar-refractivity contribution in [2.45, 2.75) is 40.2 Å². The van der Waals surface area contributed by atoms with Crippen LogP contribution in [0.3, 0.4) is 0 Å². The maximum atomic E-state index is 12.9. The van der Waals surface area contributed by atoms with Crippen LogP contribution in [-0.2, 0) is 16.0 Å². The van der Waals surface area contributed by atoms with Crippen LogP contribution >= 0.6 is 11.3 Å². The maximum absolute atomic E-state index is 12.9. The molecule has 5 nitrogen and oxygen atoms in total. The van der Waals surface area contributed by atoms with Gasteiger partial charge in [-0.1, -0.05) is 31.2 Å². The summed E-state index contributed by atoms with van der Waals surface area (Å²) in [4.78, 5) is 31.1. The van der Waals surface area contributed by atoms with Crippen LogP contribution in [0.1, 0.15) is 41.7 Å². The highest BCUT2D eigenvalue weighted by Gasteiger charge is 2.26. The maximum Gasteiger partial charge on any atom is 0.325 e. The first kappa shape index (κ1) is 19.1. The lowest BCUT2D eigenvalue weighted by Gasteiger charge is -2.25. The number of methoxy groups -OCH3 is 1. The highest BCUT2D eigenvalue weighted by Crippen LogP contribution is 2.29. The third-order valence-electron chi connectivity index (χ3n) is 4.01. The smallest absolute Gasteiger partial charge is 0.325 e. The van der Waals surface area contributed by atoms with Crippen molar-refractivity contribution >= 4 is 23.2 Å². The molecule has 0 unspecified atom stereocenters. The van der Waals surface area contributed by atoms with E-state index in [-0.39, 0.29) is 18.5 Å². The standard InChI is InChI=1S/C19H24N2O3S/c1-6-14-7-9-15(10-8-14)18-20-13(4)17(25-18)19(23)21(12(2)3)11-16(22)24-5/h7-10,12H,6,11H2,1-5H3. The van der Waals surface area contributed by atoms with E-state index in [1.165, 1.54) is 28.9 Å². The summed E-state index contributed by atoms with van der Waals surface area (Å²) in [6, 6.07) is 8.09. The fourth-order valence-electron chi connectivity index (χ4n) is 2.42. The van der Waals surface area contributed by atoms with Gasteiger partial charge in [-0.15, -0.1) is 11.3 Å². The summed E-state index contributed by atoms with van der Waals surface area (Å²) in [5, 5.41) is 0.810. The number of amides is 1. The first-order chi connectivity index (χ1) is 11.9. The molecule has 0 aliphatic rings. The van der Waals surface area contributed by atoms with Gasteiger partial charge in [-0.3, -0.25) is 9.59 Å². The minimum atomic E-state index is -0.431. The molecule has 0 aliphatic heterocycles. The molecule has 0 atom stereocenters. The van der Waals surface area contributed by atoms with Gasteiger partial charge in [-0.25, -0.2) is 4.98 Å². The van der Waals surface area contributed by atoms with Gasteiger partial charge in [0.25, 0.3) is 5.91 Å². The Morgan fingerprint density at radius 2 is 1.88 bits per heavy atom. The molecule has 1 aromatic carbocycles. The largest absolute Gasteiger partial charge is 0.468 e. The Labute approximate surface area is 152 Å². The zero-order chi connectivity index (χ0) is 18.6. The minimum Gasteiger partial charge on any atom is -0.468 e. The van der Waals surface area contributed by atoms with Crippen molar-refractivity contribution in [2.24, 2.45) is 0 Å². The molecule has 0 bridgehead atoms. The van der Waals surface area contributed by atoms with E-state index in [0.717, 1.165) is 17.0 Å². The molecule has 2 rings (SSSR count). The van der Waals surface area contributed by atoms with E-state index in [1.54, 1.807) is 0 Å². The lowest BCUT2D eigenvalue weighted by atomic mass is 10.1. The van der Waals surface area contributed by atoms with E-state index in [2.05, 4.69) is 24.0 Å². The molecule has 1 aromatic heterocycles. The van der Waals surface area contributed by atoms with Gasteiger partial charge in [-0.2, -0.15) is 0 Å². The zero-order valence-electron chi connectivity index (χ0n) is 15.3.